The highest BCUT2D eigenvalue weighted by atomic mass is 32.2. The first-order valence-electron chi connectivity index (χ1n) is 10.1. The smallest absolute Gasteiger partial charge is 0.243 e. The fraction of sp³-hybridized carbons (Fsp3) is 0.550. The first-order valence-corrected chi connectivity index (χ1v) is 11.5. The number of rotatable bonds is 5. The molecule has 0 spiro atoms. The number of carbonyl (C=O) groups excluding carboxylic acids is 3. The molecule has 0 saturated carbocycles. The molecule has 2 aliphatic heterocycles. The minimum absolute atomic E-state index is 0.0784. The summed E-state index contributed by atoms with van der Waals surface area (Å²) >= 11 is 0. The minimum atomic E-state index is -3.57. The van der Waals surface area contributed by atoms with Gasteiger partial charge in [0.25, 0.3) is 0 Å². The SMILES string of the molecule is O=C(CCN1C(=O)CCC1=O)N1CCN(S(=O)(=O)c2ccc3c(c2)CCC3)CC1. The fourth-order valence-corrected chi connectivity index (χ4v) is 5.75. The van der Waals surface area contributed by atoms with Gasteiger partial charge in [0.05, 0.1) is 4.90 Å². The van der Waals surface area contributed by atoms with Crippen molar-refractivity contribution >= 4 is 27.7 Å². The molecule has 4 rings (SSSR count). The van der Waals surface area contributed by atoms with E-state index < -0.39 is 10.0 Å². The number of likely N-dealkylation sites (tertiary alicyclic amines) is 1. The summed E-state index contributed by atoms with van der Waals surface area (Å²) in [5.41, 5.74) is 2.35. The van der Waals surface area contributed by atoms with E-state index >= 15 is 0 Å². The molecule has 1 aromatic rings. The van der Waals surface area contributed by atoms with Crippen LogP contribution in [0.3, 0.4) is 0 Å². The van der Waals surface area contributed by atoms with Crippen molar-refractivity contribution in [1.29, 1.82) is 0 Å². The molecule has 0 aromatic heterocycles. The molecule has 156 valence electrons. The van der Waals surface area contributed by atoms with E-state index in [2.05, 4.69) is 0 Å². The highest BCUT2D eigenvalue weighted by Gasteiger charge is 2.32. The van der Waals surface area contributed by atoms with Crippen LogP contribution in [0.2, 0.25) is 0 Å². The molecule has 2 fully saturated rings. The molecule has 2 heterocycles. The first-order chi connectivity index (χ1) is 13.9. The van der Waals surface area contributed by atoms with Gasteiger partial charge in [-0.3, -0.25) is 19.3 Å². The molecule has 9 heteroatoms. The molecule has 0 bridgehead atoms. The molecule has 0 atom stereocenters. The van der Waals surface area contributed by atoms with E-state index in [0.717, 1.165) is 29.7 Å². The van der Waals surface area contributed by atoms with Gasteiger partial charge in [-0.15, -0.1) is 0 Å². The number of imide groups is 1. The molecule has 0 radical (unpaired) electrons. The van der Waals surface area contributed by atoms with Crippen LogP contribution >= 0.6 is 0 Å². The van der Waals surface area contributed by atoms with Gasteiger partial charge in [-0.05, 0) is 42.5 Å². The minimum Gasteiger partial charge on any atom is -0.340 e. The Bertz CT molecular complexity index is 935. The maximum absolute atomic E-state index is 13.0. The average Bonchev–Trinajstić information content (AvgIpc) is 3.32. The van der Waals surface area contributed by atoms with Crippen molar-refractivity contribution in [2.45, 2.75) is 43.4 Å². The Morgan fingerprint density at radius 2 is 1.55 bits per heavy atom. The van der Waals surface area contributed by atoms with Crippen LogP contribution in [0.5, 0.6) is 0 Å². The number of aryl methyl sites for hydroxylation is 2. The zero-order chi connectivity index (χ0) is 20.6. The molecule has 0 N–H and O–H groups in total. The van der Waals surface area contributed by atoms with Crippen molar-refractivity contribution in [2.24, 2.45) is 0 Å². The second kappa shape index (κ2) is 7.87. The summed E-state index contributed by atoms with van der Waals surface area (Å²) in [5, 5.41) is 0. The monoisotopic (exact) mass is 419 g/mol. The van der Waals surface area contributed by atoms with Gasteiger partial charge in [0, 0.05) is 52.0 Å². The van der Waals surface area contributed by atoms with Crippen LogP contribution in [-0.2, 0) is 37.2 Å². The molecular formula is C20H25N3O5S. The number of hydrogen-bond acceptors (Lipinski definition) is 5. The summed E-state index contributed by atoms with van der Waals surface area (Å²) < 4.78 is 27.4. The number of piperazine rings is 1. The summed E-state index contributed by atoms with van der Waals surface area (Å²) in [4.78, 5) is 38.8. The summed E-state index contributed by atoms with van der Waals surface area (Å²) in [6.07, 6.45) is 3.50. The Morgan fingerprint density at radius 3 is 2.24 bits per heavy atom. The molecule has 3 amide bonds. The van der Waals surface area contributed by atoms with Crippen molar-refractivity contribution in [3.63, 3.8) is 0 Å². The number of benzene rings is 1. The molecule has 2 saturated heterocycles. The maximum Gasteiger partial charge on any atom is 0.243 e. The summed E-state index contributed by atoms with van der Waals surface area (Å²) in [6.45, 7) is 1.21. The third-order valence-corrected chi connectivity index (χ3v) is 7.90. The lowest BCUT2D eigenvalue weighted by atomic mass is 10.1. The van der Waals surface area contributed by atoms with Crippen molar-refractivity contribution in [3.05, 3.63) is 29.3 Å². The molecule has 0 unspecified atom stereocenters. The molecule has 29 heavy (non-hydrogen) atoms. The lowest BCUT2D eigenvalue weighted by Gasteiger charge is -2.34. The predicted octanol–water partition coefficient (Wildman–Crippen LogP) is 0.547. The third-order valence-electron chi connectivity index (χ3n) is 6.00. The van der Waals surface area contributed by atoms with Gasteiger partial charge >= 0.3 is 0 Å². The van der Waals surface area contributed by atoms with Crippen LogP contribution in [-0.4, -0.2) is 73.0 Å². The summed E-state index contributed by atoms with van der Waals surface area (Å²) in [5.74, 6) is -0.617. The van der Waals surface area contributed by atoms with Crippen LogP contribution in [0.15, 0.2) is 23.1 Å². The lowest BCUT2D eigenvalue weighted by Crippen LogP contribution is -2.51. The van der Waals surface area contributed by atoms with Gasteiger partial charge in [-0.25, -0.2) is 8.42 Å². The average molecular weight is 420 g/mol. The van der Waals surface area contributed by atoms with Crippen LogP contribution < -0.4 is 0 Å². The van der Waals surface area contributed by atoms with Crippen LogP contribution in [0.1, 0.15) is 36.8 Å². The van der Waals surface area contributed by atoms with Crippen molar-refractivity contribution in [3.8, 4) is 0 Å². The lowest BCUT2D eigenvalue weighted by molar-refractivity contribution is -0.139. The van der Waals surface area contributed by atoms with E-state index in [1.165, 1.54) is 9.87 Å². The number of amides is 3. The molecular weight excluding hydrogens is 394 g/mol. The highest BCUT2D eigenvalue weighted by Crippen LogP contribution is 2.26. The molecule has 1 aromatic carbocycles. The van der Waals surface area contributed by atoms with E-state index in [-0.39, 0.29) is 56.6 Å². The molecule has 3 aliphatic rings. The van der Waals surface area contributed by atoms with Gasteiger partial charge in [-0.1, -0.05) is 6.07 Å². The Labute approximate surface area is 170 Å². The van der Waals surface area contributed by atoms with Crippen LogP contribution in [0.25, 0.3) is 0 Å². The normalized spacial score (nSPS) is 20.4. The fourth-order valence-electron chi connectivity index (χ4n) is 4.27. The van der Waals surface area contributed by atoms with Gasteiger partial charge in [0.2, 0.25) is 27.7 Å². The Hall–Kier alpha value is -2.26. The third kappa shape index (κ3) is 3.93. The van der Waals surface area contributed by atoms with Crippen LogP contribution in [0.4, 0.5) is 0 Å². The maximum atomic E-state index is 13.0. The zero-order valence-electron chi connectivity index (χ0n) is 16.3. The van der Waals surface area contributed by atoms with Gasteiger partial charge in [0.1, 0.15) is 0 Å². The van der Waals surface area contributed by atoms with Gasteiger partial charge in [0.15, 0.2) is 0 Å². The number of sulfonamides is 1. The quantitative estimate of drug-likeness (QED) is 0.650. The van der Waals surface area contributed by atoms with Crippen LogP contribution in [0, 0.1) is 0 Å². The van der Waals surface area contributed by atoms with Gasteiger partial charge in [-0.2, -0.15) is 4.31 Å². The first kappa shape index (κ1) is 20.0. The van der Waals surface area contributed by atoms with Crippen molar-refractivity contribution in [1.82, 2.24) is 14.1 Å². The zero-order valence-corrected chi connectivity index (χ0v) is 17.1. The number of hydrogen-bond donors (Lipinski definition) is 0. The molecule has 1 aliphatic carbocycles. The van der Waals surface area contributed by atoms with E-state index in [4.69, 9.17) is 0 Å². The second-order valence-electron chi connectivity index (χ2n) is 7.76. The van der Waals surface area contributed by atoms with Crippen molar-refractivity contribution < 1.29 is 22.8 Å². The van der Waals surface area contributed by atoms with Gasteiger partial charge < -0.3 is 4.90 Å². The number of nitrogens with zero attached hydrogens (tertiary/aromatic N) is 3. The Kier molecular flexibility index (Phi) is 5.44. The summed E-state index contributed by atoms with van der Waals surface area (Å²) in [6, 6.07) is 5.39. The molecule has 8 nitrogen and oxygen atoms in total. The standard InChI is InChI=1S/C20H25N3O5S/c24-18(8-9-23-19(25)6-7-20(23)26)21-10-12-22(13-11-21)29(27,28)17-5-4-15-2-1-3-16(15)14-17/h4-5,14H,1-3,6-13H2. The van der Waals surface area contributed by atoms with E-state index in [9.17, 15) is 22.8 Å². The Balaban J connectivity index is 1.33. The topological polar surface area (TPSA) is 95.1 Å². The second-order valence-corrected chi connectivity index (χ2v) is 9.70. The highest BCUT2D eigenvalue weighted by molar-refractivity contribution is 7.89. The largest absolute Gasteiger partial charge is 0.340 e. The van der Waals surface area contributed by atoms with E-state index in [1.54, 1.807) is 17.0 Å². The number of fused-ring (bicyclic) bond motifs is 1. The van der Waals surface area contributed by atoms with E-state index in [1.807, 2.05) is 6.07 Å². The Morgan fingerprint density at radius 1 is 0.897 bits per heavy atom. The predicted molar refractivity (Wildman–Crippen MR) is 104 cm³/mol. The summed E-state index contributed by atoms with van der Waals surface area (Å²) in [7, 11) is -3.57. The van der Waals surface area contributed by atoms with E-state index in [0.29, 0.717) is 18.0 Å². The number of carbonyl (C=O) groups is 3. The van der Waals surface area contributed by atoms with Crippen molar-refractivity contribution in [2.75, 3.05) is 32.7 Å².